The summed E-state index contributed by atoms with van der Waals surface area (Å²) < 4.78 is 0. The minimum Gasteiger partial charge on any atom is -0.316 e. The number of nitrogens with one attached hydrogen (secondary N) is 1. The zero-order valence-electron chi connectivity index (χ0n) is 12.0. The van der Waals surface area contributed by atoms with Gasteiger partial charge < -0.3 is 5.32 Å². The van der Waals surface area contributed by atoms with Gasteiger partial charge in [-0.15, -0.1) is 0 Å². The number of aryl methyl sites for hydroxylation is 3. The first-order chi connectivity index (χ1) is 9.02. The normalized spacial score (nSPS) is 10.8. The van der Waals surface area contributed by atoms with Crippen molar-refractivity contribution in [2.24, 2.45) is 0 Å². The predicted molar refractivity (Wildman–Crippen MR) is 83.9 cm³/mol. The van der Waals surface area contributed by atoms with Gasteiger partial charge in [0, 0.05) is 11.6 Å². The van der Waals surface area contributed by atoms with Crippen LogP contribution in [0.15, 0.2) is 30.3 Å². The minimum absolute atomic E-state index is 0.839. The van der Waals surface area contributed by atoms with E-state index < -0.39 is 0 Å². The molecule has 2 aromatic rings. The maximum absolute atomic E-state index is 6.17. The lowest BCUT2D eigenvalue weighted by atomic mass is 9.94. The summed E-state index contributed by atoms with van der Waals surface area (Å²) in [6.07, 6.45) is 0. The van der Waals surface area contributed by atoms with Gasteiger partial charge in [-0.3, -0.25) is 0 Å². The molecule has 1 N–H and O–H groups in total. The summed E-state index contributed by atoms with van der Waals surface area (Å²) in [6.45, 7) is 7.23. The number of halogens is 1. The number of hydrogen-bond donors (Lipinski definition) is 1. The molecule has 0 amide bonds. The second-order valence-corrected chi connectivity index (χ2v) is 5.50. The summed E-state index contributed by atoms with van der Waals surface area (Å²) in [5, 5.41) is 4.02. The Kier molecular flexibility index (Phi) is 4.28. The Morgan fingerprint density at radius 3 is 2.21 bits per heavy atom. The summed E-state index contributed by atoms with van der Waals surface area (Å²) >= 11 is 6.17. The summed E-state index contributed by atoms with van der Waals surface area (Å²) in [4.78, 5) is 0. The SMILES string of the molecule is CNCc1ccc(-c2cc(C)c(Cl)cc2C)c(C)c1. The second-order valence-electron chi connectivity index (χ2n) is 5.10. The highest BCUT2D eigenvalue weighted by molar-refractivity contribution is 6.31. The highest BCUT2D eigenvalue weighted by Gasteiger charge is 2.08. The van der Waals surface area contributed by atoms with Gasteiger partial charge in [0.15, 0.2) is 0 Å². The Hall–Kier alpha value is -1.31. The zero-order valence-corrected chi connectivity index (χ0v) is 12.7. The molecule has 0 aliphatic carbocycles. The lowest BCUT2D eigenvalue weighted by Gasteiger charge is -2.13. The molecule has 0 heterocycles. The molecule has 2 heteroatoms. The average molecular weight is 274 g/mol. The fourth-order valence-electron chi connectivity index (χ4n) is 2.41. The van der Waals surface area contributed by atoms with E-state index in [4.69, 9.17) is 11.6 Å². The Bertz CT molecular complexity index is 602. The first kappa shape index (κ1) is 14.1. The van der Waals surface area contributed by atoms with Crippen LogP contribution in [0.2, 0.25) is 5.02 Å². The van der Waals surface area contributed by atoms with Crippen molar-refractivity contribution < 1.29 is 0 Å². The molecule has 0 atom stereocenters. The van der Waals surface area contributed by atoms with E-state index in [0.29, 0.717) is 0 Å². The fourth-order valence-corrected chi connectivity index (χ4v) is 2.63. The van der Waals surface area contributed by atoms with Gasteiger partial charge in [0.2, 0.25) is 0 Å². The van der Waals surface area contributed by atoms with E-state index >= 15 is 0 Å². The van der Waals surface area contributed by atoms with Crippen LogP contribution >= 0.6 is 11.6 Å². The molecule has 100 valence electrons. The number of hydrogen-bond acceptors (Lipinski definition) is 1. The number of rotatable bonds is 3. The maximum atomic E-state index is 6.17. The van der Waals surface area contributed by atoms with Crippen molar-refractivity contribution >= 4 is 11.6 Å². The van der Waals surface area contributed by atoms with Crippen molar-refractivity contribution in [3.63, 3.8) is 0 Å². The number of benzene rings is 2. The van der Waals surface area contributed by atoms with Crippen molar-refractivity contribution in [2.45, 2.75) is 27.3 Å². The molecular weight excluding hydrogens is 254 g/mol. The van der Waals surface area contributed by atoms with Gasteiger partial charge in [-0.25, -0.2) is 0 Å². The van der Waals surface area contributed by atoms with E-state index in [1.54, 1.807) is 0 Å². The molecule has 0 aliphatic heterocycles. The van der Waals surface area contributed by atoms with Crippen molar-refractivity contribution in [1.29, 1.82) is 0 Å². The molecule has 0 radical (unpaired) electrons. The fraction of sp³-hybridized carbons (Fsp3) is 0.294. The first-order valence-corrected chi connectivity index (χ1v) is 6.92. The Morgan fingerprint density at radius 1 is 0.895 bits per heavy atom. The van der Waals surface area contributed by atoms with Crippen LogP contribution in [0.4, 0.5) is 0 Å². The predicted octanol–water partition coefficient (Wildman–Crippen LogP) is 4.65. The average Bonchev–Trinajstić information content (AvgIpc) is 2.35. The summed E-state index contributed by atoms with van der Waals surface area (Å²) in [5.74, 6) is 0. The van der Waals surface area contributed by atoms with Gasteiger partial charge in [-0.1, -0.05) is 29.8 Å². The summed E-state index contributed by atoms with van der Waals surface area (Å²) in [7, 11) is 1.97. The highest BCUT2D eigenvalue weighted by Crippen LogP contribution is 2.31. The van der Waals surface area contributed by atoms with E-state index in [2.05, 4.69) is 50.4 Å². The third-order valence-electron chi connectivity index (χ3n) is 3.47. The van der Waals surface area contributed by atoms with Crippen molar-refractivity contribution in [1.82, 2.24) is 5.32 Å². The Morgan fingerprint density at radius 2 is 1.58 bits per heavy atom. The Labute approximate surface area is 120 Å². The van der Waals surface area contributed by atoms with Gasteiger partial charge in [0.1, 0.15) is 0 Å². The molecule has 1 nitrogen and oxygen atoms in total. The largest absolute Gasteiger partial charge is 0.316 e. The third kappa shape index (κ3) is 2.99. The third-order valence-corrected chi connectivity index (χ3v) is 3.87. The first-order valence-electron chi connectivity index (χ1n) is 6.54. The van der Waals surface area contributed by atoms with Gasteiger partial charge in [0.05, 0.1) is 0 Å². The molecule has 0 saturated carbocycles. The summed E-state index contributed by atoms with van der Waals surface area (Å²) in [6, 6.07) is 10.9. The van der Waals surface area contributed by atoms with Crippen LogP contribution in [-0.2, 0) is 6.54 Å². The highest BCUT2D eigenvalue weighted by atomic mass is 35.5. The van der Waals surface area contributed by atoms with E-state index in [0.717, 1.165) is 17.1 Å². The van der Waals surface area contributed by atoms with Crippen LogP contribution < -0.4 is 5.32 Å². The van der Waals surface area contributed by atoms with Crippen LogP contribution in [-0.4, -0.2) is 7.05 Å². The molecule has 2 aromatic carbocycles. The lowest BCUT2D eigenvalue weighted by Crippen LogP contribution is -2.05. The molecular formula is C17H20ClN. The van der Waals surface area contributed by atoms with E-state index in [9.17, 15) is 0 Å². The van der Waals surface area contributed by atoms with Crippen LogP contribution in [0.25, 0.3) is 11.1 Å². The van der Waals surface area contributed by atoms with Gasteiger partial charge in [-0.05, 0) is 73.3 Å². The van der Waals surface area contributed by atoms with Crippen LogP contribution in [0.3, 0.4) is 0 Å². The zero-order chi connectivity index (χ0) is 14.0. The molecule has 2 rings (SSSR count). The van der Waals surface area contributed by atoms with Gasteiger partial charge >= 0.3 is 0 Å². The van der Waals surface area contributed by atoms with E-state index in [-0.39, 0.29) is 0 Å². The van der Waals surface area contributed by atoms with Crippen LogP contribution in [0, 0.1) is 20.8 Å². The molecule has 0 saturated heterocycles. The van der Waals surface area contributed by atoms with Gasteiger partial charge in [0.25, 0.3) is 0 Å². The lowest BCUT2D eigenvalue weighted by molar-refractivity contribution is 0.817. The van der Waals surface area contributed by atoms with Crippen molar-refractivity contribution in [2.75, 3.05) is 7.05 Å². The molecule has 0 fully saturated rings. The van der Waals surface area contributed by atoms with Crippen molar-refractivity contribution in [3.8, 4) is 11.1 Å². The molecule has 0 unspecified atom stereocenters. The maximum Gasteiger partial charge on any atom is 0.0438 e. The minimum atomic E-state index is 0.839. The standard InChI is InChI=1S/C17H20ClN/c1-11-7-14(10-19-4)5-6-15(11)16-8-13(3)17(18)9-12(16)2/h5-9,19H,10H2,1-4H3. The van der Waals surface area contributed by atoms with E-state index in [1.165, 1.54) is 27.8 Å². The topological polar surface area (TPSA) is 12.0 Å². The molecule has 19 heavy (non-hydrogen) atoms. The van der Waals surface area contributed by atoms with E-state index in [1.807, 2.05) is 13.1 Å². The molecule has 0 aromatic heterocycles. The Balaban J connectivity index is 2.50. The monoisotopic (exact) mass is 273 g/mol. The van der Waals surface area contributed by atoms with Crippen molar-refractivity contribution in [3.05, 3.63) is 57.6 Å². The smallest absolute Gasteiger partial charge is 0.0438 e. The quantitative estimate of drug-likeness (QED) is 0.858. The second kappa shape index (κ2) is 5.77. The molecule has 0 bridgehead atoms. The van der Waals surface area contributed by atoms with Crippen LogP contribution in [0.1, 0.15) is 22.3 Å². The molecule has 0 spiro atoms. The van der Waals surface area contributed by atoms with Crippen LogP contribution in [0.5, 0.6) is 0 Å². The molecule has 0 aliphatic rings. The van der Waals surface area contributed by atoms with Gasteiger partial charge in [-0.2, -0.15) is 0 Å². The summed E-state index contributed by atoms with van der Waals surface area (Å²) in [5.41, 5.74) is 7.53.